The maximum Gasteiger partial charge on any atom is 0.244 e. The predicted molar refractivity (Wildman–Crippen MR) is 92.5 cm³/mol. The molecule has 0 bridgehead atoms. The van der Waals surface area contributed by atoms with Gasteiger partial charge >= 0.3 is 0 Å². The lowest BCUT2D eigenvalue weighted by Crippen LogP contribution is -2.47. The Balaban J connectivity index is 0.00000192. The Morgan fingerprint density at radius 1 is 1.13 bits per heavy atom. The lowest BCUT2D eigenvalue weighted by atomic mass is 9.87. The molecule has 0 aromatic carbocycles. The second kappa shape index (κ2) is 8.34. The van der Waals surface area contributed by atoms with Gasteiger partial charge in [-0.05, 0) is 37.5 Å². The maximum absolute atomic E-state index is 12.5. The first-order valence-electron chi connectivity index (χ1n) is 8.92. The Morgan fingerprint density at radius 3 is 2.35 bits per heavy atom. The van der Waals surface area contributed by atoms with E-state index in [9.17, 15) is 9.59 Å². The number of likely N-dealkylation sites (tertiary alicyclic amines) is 1. The molecule has 0 aromatic heterocycles. The van der Waals surface area contributed by atoms with Crippen molar-refractivity contribution in [2.24, 2.45) is 17.8 Å². The highest BCUT2D eigenvalue weighted by Crippen LogP contribution is 2.27. The average molecular weight is 344 g/mol. The number of hydrogen-bond acceptors (Lipinski definition) is 3. The van der Waals surface area contributed by atoms with Crippen LogP contribution < -0.4 is 10.6 Å². The van der Waals surface area contributed by atoms with E-state index < -0.39 is 0 Å². The van der Waals surface area contributed by atoms with Crippen molar-refractivity contribution >= 4 is 24.2 Å². The normalized spacial score (nSPS) is 28.8. The molecule has 1 unspecified atom stereocenters. The van der Waals surface area contributed by atoms with Gasteiger partial charge in [0.15, 0.2) is 0 Å². The molecule has 3 rings (SSSR count). The first-order chi connectivity index (χ1) is 10.6. The van der Waals surface area contributed by atoms with Gasteiger partial charge in [0.1, 0.15) is 6.04 Å². The molecule has 0 radical (unpaired) electrons. The van der Waals surface area contributed by atoms with E-state index in [2.05, 4.69) is 10.6 Å². The second-order valence-corrected chi connectivity index (χ2v) is 7.42. The summed E-state index contributed by atoms with van der Waals surface area (Å²) in [5.41, 5.74) is 0. The van der Waals surface area contributed by atoms with Gasteiger partial charge in [-0.25, -0.2) is 0 Å². The second-order valence-electron chi connectivity index (χ2n) is 7.42. The van der Waals surface area contributed by atoms with Crippen molar-refractivity contribution in [3.63, 3.8) is 0 Å². The number of halogens is 1. The van der Waals surface area contributed by atoms with Crippen LogP contribution in [0.2, 0.25) is 0 Å². The fourth-order valence-corrected chi connectivity index (χ4v) is 4.32. The monoisotopic (exact) mass is 343 g/mol. The molecule has 2 aliphatic heterocycles. The van der Waals surface area contributed by atoms with E-state index in [1.807, 2.05) is 11.8 Å². The number of nitrogens with one attached hydrogen (secondary N) is 2. The maximum atomic E-state index is 12.5. The number of carbonyl (C=O) groups excluding carboxylic acids is 2. The summed E-state index contributed by atoms with van der Waals surface area (Å²) in [4.78, 5) is 26.6. The van der Waals surface area contributed by atoms with Crippen molar-refractivity contribution in [2.45, 2.75) is 51.5 Å². The molecule has 5 nitrogen and oxygen atoms in total. The van der Waals surface area contributed by atoms with Gasteiger partial charge in [-0.3, -0.25) is 9.59 Å². The smallest absolute Gasteiger partial charge is 0.244 e. The molecule has 0 spiro atoms. The molecule has 3 fully saturated rings. The summed E-state index contributed by atoms with van der Waals surface area (Å²) in [6, 6.07) is -0.386. The number of hydrogen-bond donors (Lipinski definition) is 2. The summed E-state index contributed by atoms with van der Waals surface area (Å²) in [5.74, 6) is 1.87. The number of nitrogens with zero attached hydrogens (tertiary/aromatic N) is 1. The zero-order chi connectivity index (χ0) is 15.5. The third kappa shape index (κ3) is 4.60. The molecule has 3 atom stereocenters. The lowest BCUT2D eigenvalue weighted by Gasteiger charge is -2.24. The molecule has 0 aromatic rings. The predicted octanol–water partition coefficient (Wildman–Crippen LogP) is 1.56. The average Bonchev–Trinajstić information content (AvgIpc) is 3.08. The summed E-state index contributed by atoms with van der Waals surface area (Å²) in [7, 11) is 0. The number of carbonyl (C=O) groups is 2. The first kappa shape index (κ1) is 18.5. The standard InChI is InChI=1S/C17H29N3O2.ClH/c1-12(19-16(21)7-13-5-3-2-4-6-13)17(22)20-10-14-8-18-9-15(14)11-20;/h12-15,18H,2-11H2,1H3,(H,19,21);1H/t12?,14-,15+;. The van der Waals surface area contributed by atoms with Crippen molar-refractivity contribution in [3.8, 4) is 0 Å². The lowest BCUT2D eigenvalue weighted by molar-refractivity contribution is -0.135. The molecule has 23 heavy (non-hydrogen) atoms. The van der Waals surface area contributed by atoms with Gasteiger partial charge in [-0.1, -0.05) is 19.3 Å². The highest BCUT2D eigenvalue weighted by molar-refractivity contribution is 5.87. The minimum absolute atomic E-state index is 0. The first-order valence-corrected chi connectivity index (χ1v) is 8.92. The Morgan fingerprint density at radius 2 is 1.74 bits per heavy atom. The third-order valence-electron chi connectivity index (χ3n) is 5.65. The quantitative estimate of drug-likeness (QED) is 0.814. The van der Waals surface area contributed by atoms with Crippen molar-refractivity contribution in [3.05, 3.63) is 0 Å². The Hall–Kier alpha value is -0.810. The molecule has 2 N–H and O–H groups in total. The summed E-state index contributed by atoms with van der Waals surface area (Å²) < 4.78 is 0. The minimum atomic E-state index is -0.386. The molecule has 1 saturated carbocycles. The molecular formula is C17H30ClN3O2. The van der Waals surface area contributed by atoms with Crippen LogP contribution in [-0.4, -0.2) is 48.9 Å². The topological polar surface area (TPSA) is 61.4 Å². The van der Waals surface area contributed by atoms with Crippen LogP contribution in [0.25, 0.3) is 0 Å². The SMILES string of the molecule is CC(NC(=O)CC1CCCCC1)C(=O)N1C[C@H]2CNC[C@H]2C1.Cl. The van der Waals surface area contributed by atoms with Gasteiger partial charge in [0.25, 0.3) is 0 Å². The van der Waals surface area contributed by atoms with E-state index >= 15 is 0 Å². The highest BCUT2D eigenvalue weighted by Gasteiger charge is 2.39. The Bertz CT molecular complexity index is 414. The van der Waals surface area contributed by atoms with Gasteiger partial charge in [0.2, 0.25) is 11.8 Å². The number of fused-ring (bicyclic) bond motifs is 1. The van der Waals surface area contributed by atoms with E-state index in [1.165, 1.54) is 19.3 Å². The van der Waals surface area contributed by atoms with E-state index in [0.717, 1.165) is 39.0 Å². The van der Waals surface area contributed by atoms with Crippen LogP contribution in [0, 0.1) is 17.8 Å². The minimum Gasteiger partial charge on any atom is -0.345 e. The summed E-state index contributed by atoms with van der Waals surface area (Å²) >= 11 is 0. The van der Waals surface area contributed by atoms with Crippen LogP contribution in [0.5, 0.6) is 0 Å². The van der Waals surface area contributed by atoms with Gasteiger partial charge in [-0.15, -0.1) is 12.4 Å². The van der Waals surface area contributed by atoms with Crippen molar-refractivity contribution in [1.29, 1.82) is 0 Å². The van der Waals surface area contributed by atoms with Crippen LogP contribution >= 0.6 is 12.4 Å². The van der Waals surface area contributed by atoms with Crippen LogP contribution in [0.4, 0.5) is 0 Å². The Labute approximate surface area is 145 Å². The molecule has 2 saturated heterocycles. The van der Waals surface area contributed by atoms with Crippen molar-refractivity contribution in [2.75, 3.05) is 26.2 Å². The van der Waals surface area contributed by atoms with E-state index in [4.69, 9.17) is 0 Å². The van der Waals surface area contributed by atoms with Crippen LogP contribution in [0.3, 0.4) is 0 Å². The molecule has 2 amide bonds. The van der Waals surface area contributed by atoms with Gasteiger partial charge in [0.05, 0.1) is 0 Å². The molecule has 1 aliphatic carbocycles. The third-order valence-corrected chi connectivity index (χ3v) is 5.65. The molecule has 3 aliphatic rings. The number of rotatable bonds is 4. The largest absolute Gasteiger partial charge is 0.345 e. The Kier molecular flexibility index (Phi) is 6.72. The van der Waals surface area contributed by atoms with Crippen LogP contribution in [0.15, 0.2) is 0 Å². The van der Waals surface area contributed by atoms with Crippen LogP contribution in [0.1, 0.15) is 45.4 Å². The van der Waals surface area contributed by atoms with Gasteiger partial charge in [0, 0.05) is 32.6 Å². The summed E-state index contributed by atoms with van der Waals surface area (Å²) in [6.07, 6.45) is 6.72. The van der Waals surface area contributed by atoms with E-state index in [-0.39, 0.29) is 30.3 Å². The fourth-order valence-electron chi connectivity index (χ4n) is 4.32. The molecular weight excluding hydrogens is 314 g/mol. The highest BCUT2D eigenvalue weighted by atomic mass is 35.5. The van der Waals surface area contributed by atoms with E-state index in [1.54, 1.807) is 0 Å². The van der Waals surface area contributed by atoms with Gasteiger partial charge in [-0.2, -0.15) is 0 Å². The van der Waals surface area contributed by atoms with E-state index in [0.29, 0.717) is 24.2 Å². The summed E-state index contributed by atoms with van der Waals surface area (Å²) in [6.45, 7) is 5.57. The molecule has 6 heteroatoms. The molecule has 132 valence electrons. The molecule has 2 heterocycles. The fraction of sp³-hybridized carbons (Fsp3) is 0.882. The van der Waals surface area contributed by atoms with Crippen LogP contribution in [-0.2, 0) is 9.59 Å². The van der Waals surface area contributed by atoms with Gasteiger partial charge < -0.3 is 15.5 Å². The number of amides is 2. The zero-order valence-electron chi connectivity index (χ0n) is 14.1. The van der Waals surface area contributed by atoms with Crippen molar-refractivity contribution in [1.82, 2.24) is 15.5 Å². The van der Waals surface area contributed by atoms with Crippen molar-refractivity contribution < 1.29 is 9.59 Å². The summed E-state index contributed by atoms with van der Waals surface area (Å²) in [5, 5.41) is 6.31. The zero-order valence-corrected chi connectivity index (χ0v) is 14.9.